The Hall–Kier alpha value is -3.77. The molecule has 0 fully saturated rings. The van der Waals surface area contributed by atoms with E-state index in [1.54, 1.807) is 19.0 Å². The van der Waals surface area contributed by atoms with Gasteiger partial charge >= 0.3 is 0 Å². The van der Waals surface area contributed by atoms with Crippen molar-refractivity contribution in [3.63, 3.8) is 0 Å². The van der Waals surface area contributed by atoms with Gasteiger partial charge in [0.1, 0.15) is 28.7 Å². The largest absolute Gasteiger partial charge is 0.511 e. The van der Waals surface area contributed by atoms with E-state index in [4.69, 9.17) is 5.73 Å². The Morgan fingerprint density at radius 1 is 1.11 bits per heavy atom. The number of hydrogen-bond acceptors (Lipinski definition) is 9. The molecule has 0 bridgehead atoms. The van der Waals surface area contributed by atoms with Gasteiger partial charge in [-0.15, -0.1) is 0 Å². The van der Waals surface area contributed by atoms with Crippen LogP contribution in [0.2, 0.25) is 0 Å². The summed E-state index contributed by atoms with van der Waals surface area (Å²) in [5.41, 5.74) is 1.01. The summed E-state index contributed by atoms with van der Waals surface area (Å²) in [5.74, 6) is -8.67. The highest BCUT2D eigenvalue weighted by Crippen LogP contribution is 2.52. The lowest BCUT2D eigenvalue weighted by molar-refractivity contribution is -0.144. The van der Waals surface area contributed by atoms with Gasteiger partial charge in [0.05, 0.1) is 18.7 Å². The van der Waals surface area contributed by atoms with Gasteiger partial charge in [0.25, 0.3) is 5.91 Å². The maximum atomic E-state index is 15.7. The van der Waals surface area contributed by atoms with Crippen LogP contribution < -0.4 is 5.73 Å². The van der Waals surface area contributed by atoms with Crippen LogP contribution in [-0.4, -0.2) is 79.8 Å². The molecule has 1 aliphatic heterocycles. The summed E-state index contributed by atoms with van der Waals surface area (Å²) in [6, 6.07) is 0. The van der Waals surface area contributed by atoms with Gasteiger partial charge in [0.15, 0.2) is 11.4 Å². The fourth-order valence-electron chi connectivity index (χ4n) is 6.14. The first-order valence-corrected chi connectivity index (χ1v) is 11.7. The number of rotatable bonds is 3. The summed E-state index contributed by atoms with van der Waals surface area (Å²) in [6.45, 7) is -0.122. The number of hydrogen-bond donors (Lipinski definition) is 5. The number of carbonyl (C=O) groups excluding carboxylic acids is 4. The van der Waals surface area contributed by atoms with Gasteiger partial charge in [-0.05, 0) is 32.9 Å². The van der Waals surface area contributed by atoms with Gasteiger partial charge in [-0.2, -0.15) is 0 Å². The Morgan fingerprint density at radius 3 is 2.38 bits per heavy atom. The van der Waals surface area contributed by atoms with Gasteiger partial charge < -0.3 is 36.0 Å². The first-order valence-electron chi connectivity index (χ1n) is 11.7. The number of benzene rings is 1. The molecule has 4 aliphatic rings. The summed E-state index contributed by atoms with van der Waals surface area (Å²) < 4.78 is 15.7. The molecule has 1 unspecified atom stereocenters. The fourth-order valence-corrected chi connectivity index (χ4v) is 6.14. The SMILES string of the molecule is CN(C)CC(=O)N1Cc2c(O)c3c(c(F)c2C1)CC1C[C@H]2CC(O)=C(C(N)=O)C(=O)[C@@]2(O)C(O)=C1C3=O. The zero-order valence-corrected chi connectivity index (χ0v) is 20.2. The maximum absolute atomic E-state index is 15.7. The maximum Gasteiger partial charge on any atom is 0.255 e. The highest BCUT2D eigenvalue weighted by atomic mass is 19.1. The van der Waals surface area contributed by atoms with E-state index in [0.717, 1.165) is 0 Å². The number of aliphatic hydroxyl groups excluding tert-OH is 2. The van der Waals surface area contributed by atoms with Crippen molar-refractivity contribution in [1.82, 2.24) is 9.80 Å². The zero-order chi connectivity index (χ0) is 27.1. The Balaban J connectivity index is 1.60. The predicted octanol–water partition coefficient (Wildman–Crippen LogP) is 0.123. The molecule has 3 atom stereocenters. The van der Waals surface area contributed by atoms with Crippen molar-refractivity contribution in [1.29, 1.82) is 0 Å². The number of ketones is 2. The van der Waals surface area contributed by atoms with E-state index in [9.17, 15) is 39.6 Å². The Kier molecular flexibility index (Phi) is 5.46. The Morgan fingerprint density at radius 2 is 1.76 bits per heavy atom. The van der Waals surface area contributed by atoms with Crippen LogP contribution in [0.4, 0.5) is 4.39 Å². The number of aromatic hydroxyl groups is 1. The molecule has 2 amide bonds. The molecule has 6 N–H and O–H groups in total. The molecule has 0 saturated carbocycles. The molecule has 196 valence electrons. The molecular formula is C25H26FN3O8. The highest BCUT2D eigenvalue weighted by Gasteiger charge is 2.60. The quantitative estimate of drug-likeness (QED) is 0.349. The number of aliphatic hydroxyl groups is 3. The number of halogens is 1. The average molecular weight is 515 g/mol. The van der Waals surface area contributed by atoms with Crippen LogP contribution in [0.1, 0.15) is 39.9 Å². The standard InChI is InChI=1S/C25H26FN3O8/c1-28(2)8-15(31)29-6-12-13(7-29)20(32)17-11(19(12)26)4-9-3-10-5-14(30)18(24(27)36)23(35)25(10,37)22(34)16(9)21(17)33/h9-10,30,32,34,37H,3-8H2,1-2H3,(H2,27,36)/t9?,10-,25-/m0/s1. The van der Waals surface area contributed by atoms with E-state index in [0.29, 0.717) is 0 Å². The second-order valence-electron chi connectivity index (χ2n) is 10.4. The first-order chi connectivity index (χ1) is 17.3. The monoisotopic (exact) mass is 515 g/mol. The Bertz CT molecular complexity index is 1380. The number of phenols is 1. The van der Waals surface area contributed by atoms with Crippen molar-refractivity contribution in [3.8, 4) is 5.75 Å². The molecule has 1 aromatic rings. The second-order valence-corrected chi connectivity index (χ2v) is 10.4. The number of carbonyl (C=O) groups is 4. The summed E-state index contributed by atoms with van der Waals surface area (Å²) in [5, 5.41) is 43.6. The third kappa shape index (κ3) is 3.32. The van der Waals surface area contributed by atoms with Crippen molar-refractivity contribution in [2.75, 3.05) is 20.6 Å². The van der Waals surface area contributed by atoms with E-state index < -0.39 is 69.1 Å². The van der Waals surface area contributed by atoms with Crippen LogP contribution in [0.25, 0.3) is 0 Å². The summed E-state index contributed by atoms with van der Waals surface area (Å²) in [4.78, 5) is 53.9. The molecule has 37 heavy (non-hydrogen) atoms. The van der Waals surface area contributed by atoms with Gasteiger partial charge in [0, 0.05) is 41.1 Å². The molecule has 1 heterocycles. The number of allylic oxidation sites excluding steroid dienone is 2. The lowest BCUT2D eigenvalue weighted by Crippen LogP contribution is -2.57. The van der Waals surface area contributed by atoms with Crippen LogP contribution in [-0.2, 0) is 33.9 Å². The van der Waals surface area contributed by atoms with Gasteiger partial charge in [0.2, 0.25) is 11.7 Å². The van der Waals surface area contributed by atoms with E-state index in [-0.39, 0.29) is 67.1 Å². The minimum Gasteiger partial charge on any atom is -0.511 e. The molecule has 1 aromatic carbocycles. The number of likely N-dealkylation sites (N-methyl/N-ethyl adjacent to an activating group) is 1. The Labute approximate surface area is 210 Å². The van der Waals surface area contributed by atoms with Crippen LogP contribution in [0.5, 0.6) is 5.75 Å². The third-order valence-electron chi connectivity index (χ3n) is 7.88. The molecule has 12 heteroatoms. The van der Waals surface area contributed by atoms with Crippen molar-refractivity contribution in [2.45, 2.75) is 38.0 Å². The van der Waals surface area contributed by atoms with E-state index in [1.165, 1.54) is 4.90 Å². The average Bonchev–Trinajstić information content (AvgIpc) is 3.25. The van der Waals surface area contributed by atoms with E-state index >= 15 is 4.39 Å². The first kappa shape index (κ1) is 24.9. The smallest absolute Gasteiger partial charge is 0.255 e. The van der Waals surface area contributed by atoms with Crippen molar-refractivity contribution >= 4 is 23.4 Å². The van der Waals surface area contributed by atoms with Crippen LogP contribution in [0, 0.1) is 17.7 Å². The topological polar surface area (TPSA) is 182 Å². The molecule has 11 nitrogen and oxygen atoms in total. The van der Waals surface area contributed by atoms with Gasteiger partial charge in [-0.25, -0.2) is 4.39 Å². The van der Waals surface area contributed by atoms with Crippen LogP contribution in [0.15, 0.2) is 22.7 Å². The molecular weight excluding hydrogens is 489 g/mol. The molecule has 0 radical (unpaired) electrons. The number of amides is 2. The highest BCUT2D eigenvalue weighted by molar-refractivity contribution is 6.24. The van der Waals surface area contributed by atoms with Crippen LogP contribution >= 0.6 is 0 Å². The summed E-state index contributed by atoms with van der Waals surface area (Å²) >= 11 is 0. The van der Waals surface area contributed by atoms with E-state index in [2.05, 4.69) is 0 Å². The summed E-state index contributed by atoms with van der Waals surface area (Å²) in [6.07, 6.45) is -0.587. The predicted molar refractivity (Wildman–Crippen MR) is 124 cm³/mol. The van der Waals surface area contributed by atoms with E-state index in [1.807, 2.05) is 0 Å². The molecule has 3 aliphatic carbocycles. The number of Topliss-reactive ketones (excluding diaryl/α,β-unsaturated/α-hetero) is 2. The number of primary amides is 1. The lowest BCUT2D eigenvalue weighted by Gasteiger charge is -2.45. The van der Waals surface area contributed by atoms with Crippen LogP contribution in [0.3, 0.4) is 0 Å². The lowest BCUT2D eigenvalue weighted by atomic mass is 9.60. The minimum absolute atomic E-state index is 0.0695. The molecule has 0 saturated heterocycles. The van der Waals surface area contributed by atoms with Crippen molar-refractivity contribution in [3.05, 3.63) is 50.7 Å². The number of nitrogens with zero attached hydrogens (tertiary/aromatic N) is 2. The summed E-state index contributed by atoms with van der Waals surface area (Å²) in [7, 11) is 3.41. The fraction of sp³-hybridized carbons (Fsp3) is 0.440. The van der Waals surface area contributed by atoms with Crippen molar-refractivity contribution in [2.24, 2.45) is 17.6 Å². The number of fused-ring (bicyclic) bond motifs is 4. The number of nitrogens with two attached hydrogens (primary N) is 1. The normalized spacial score (nSPS) is 26.8. The third-order valence-corrected chi connectivity index (χ3v) is 7.88. The zero-order valence-electron chi connectivity index (χ0n) is 20.2. The van der Waals surface area contributed by atoms with Crippen molar-refractivity contribution < 1.29 is 44.0 Å². The van der Waals surface area contributed by atoms with Gasteiger partial charge in [-0.1, -0.05) is 0 Å². The molecule has 0 aromatic heterocycles. The second kappa shape index (κ2) is 8.12. The molecule has 5 rings (SSSR count). The molecule has 0 spiro atoms. The van der Waals surface area contributed by atoms with Gasteiger partial charge in [-0.3, -0.25) is 19.2 Å². The minimum atomic E-state index is -2.68. The number of phenolic OH excluding ortho intramolecular Hbond substituents is 1.